The van der Waals surface area contributed by atoms with Gasteiger partial charge in [-0.1, -0.05) is 24.3 Å². The number of hydrogen-bond donors (Lipinski definition) is 1. The molecule has 1 saturated heterocycles. The van der Waals surface area contributed by atoms with Crippen LogP contribution < -0.4 is 10.1 Å². The minimum atomic E-state index is -0.842. The first-order valence-corrected chi connectivity index (χ1v) is 10.0. The van der Waals surface area contributed by atoms with E-state index in [1.807, 2.05) is 37.3 Å². The van der Waals surface area contributed by atoms with Crippen molar-refractivity contribution in [3.63, 3.8) is 0 Å². The van der Waals surface area contributed by atoms with Crippen LogP contribution in [0.4, 0.5) is 5.69 Å². The lowest BCUT2D eigenvalue weighted by molar-refractivity contribution is -0.125. The molecule has 0 aromatic heterocycles. The van der Waals surface area contributed by atoms with Crippen LogP contribution in [0.3, 0.4) is 0 Å². The SMILES string of the molecule is Cc1ccc(NC(=O)C2Cc3ccccc3C(=O)O2)cc1OCC1CCOCC1. The number of cyclic esters (lactones) is 1. The molecule has 1 N–H and O–H groups in total. The number of nitrogens with one attached hydrogen (secondary N) is 1. The maximum Gasteiger partial charge on any atom is 0.339 e. The Morgan fingerprint density at radius 1 is 1.17 bits per heavy atom. The summed E-state index contributed by atoms with van der Waals surface area (Å²) in [5.41, 5.74) is 2.98. The highest BCUT2D eigenvalue weighted by Crippen LogP contribution is 2.26. The van der Waals surface area contributed by atoms with Gasteiger partial charge < -0.3 is 19.5 Å². The van der Waals surface area contributed by atoms with Crippen LogP contribution in [0.5, 0.6) is 5.75 Å². The number of aryl methyl sites for hydroxylation is 1. The lowest BCUT2D eigenvalue weighted by Gasteiger charge is -2.24. The van der Waals surface area contributed by atoms with E-state index in [9.17, 15) is 9.59 Å². The quantitative estimate of drug-likeness (QED) is 0.784. The number of ether oxygens (including phenoxy) is 3. The molecule has 0 bridgehead atoms. The number of anilines is 1. The van der Waals surface area contributed by atoms with E-state index in [0.717, 1.165) is 42.9 Å². The van der Waals surface area contributed by atoms with Crippen molar-refractivity contribution in [2.45, 2.75) is 32.3 Å². The van der Waals surface area contributed by atoms with Crippen LogP contribution in [0.2, 0.25) is 0 Å². The highest BCUT2D eigenvalue weighted by molar-refractivity contribution is 6.00. The number of carbonyl (C=O) groups is 2. The highest BCUT2D eigenvalue weighted by Gasteiger charge is 2.31. The molecule has 0 radical (unpaired) electrons. The summed E-state index contributed by atoms with van der Waals surface area (Å²) in [4.78, 5) is 24.8. The van der Waals surface area contributed by atoms with Crippen LogP contribution in [0, 0.1) is 12.8 Å². The van der Waals surface area contributed by atoms with E-state index in [4.69, 9.17) is 14.2 Å². The van der Waals surface area contributed by atoms with Crippen LogP contribution in [0.1, 0.15) is 34.3 Å². The summed E-state index contributed by atoms with van der Waals surface area (Å²) in [5, 5.41) is 2.85. The summed E-state index contributed by atoms with van der Waals surface area (Å²) in [6.07, 6.45) is 1.53. The number of carbonyl (C=O) groups excluding carboxylic acids is 2. The van der Waals surface area contributed by atoms with E-state index in [0.29, 0.717) is 30.2 Å². The monoisotopic (exact) mass is 395 g/mol. The predicted octanol–water partition coefficient (Wildman–Crippen LogP) is 3.52. The third-order valence-electron chi connectivity index (χ3n) is 5.46. The second-order valence-corrected chi connectivity index (χ2v) is 7.59. The molecule has 4 rings (SSSR count). The predicted molar refractivity (Wildman–Crippen MR) is 108 cm³/mol. The van der Waals surface area contributed by atoms with Gasteiger partial charge >= 0.3 is 5.97 Å². The lowest BCUT2D eigenvalue weighted by atomic mass is 9.98. The molecule has 2 aliphatic rings. The van der Waals surface area contributed by atoms with E-state index in [1.54, 1.807) is 12.1 Å². The first-order valence-electron chi connectivity index (χ1n) is 10.0. The average Bonchev–Trinajstić information content (AvgIpc) is 2.75. The molecule has 2 aromatic carbocycles. The smallest absolute Gasteiger partial charge is 0.339 e. The van der Waals surface area contributed by atoms with Gasteiger partial charge in [0.1, 0.15) is 5.75 Å². The molecule has 6 heteroatoms. The Balaban J connectivity index is 1.40. The van der Waals surface area contributed by atoms with E-state index in [1.165, 1.54) is 0 Å². The van der Waals surface area contributed by atoms with Crippen molar-refractivity contribution in [2.75, 3.05) is 25.1 Å². The first kappa shape index (κ1) is 19.5. The highest BCUT2D eigenvalue weighted by atomic mass is 16.5. The fourth-order valence-corrected chi connectivity index (χ4v) is 3.65. The van der Waals surface area contributed by atoms with Gasteiger partial charge in [0.25, 0.3) is 5.91 Å². The molecule has 0 aliphatic carbocycles. The normalized spacial score (nSPS) is 19.2. The molecule has 2 aromatic rings. The van der Waals surface area contributed by atoms with Crippen LogP contribution in [-0.4, -0.2) is 37.8 Å². The molecule has 1 atom stereocenters. The largest absolute Gasteiger partial charge is 0.493 e. The molecule has 1 fully saturated rings. The Kier molecular flexibility index (Phi) is 5.81. The molecule has 2 aliphatic heterocycles. The van der Waals surface area contributed by atoms with Crippen molar-refractivity contribution < 1.29 is 23.8 Å². The van der Waals surface area contributed by atoms with Crippen LogP contribution in [0.25, 0.3) is 0 Å². The first-order chi connectivity index (χ1) is 14.1. The fraction of sp³-hybridized carbons (Fsp3) is 0.391. The Morgan fingerprint density at radius 2 is 1.97 bits per heavy atom. The van der Waals surface area contributed by atoms with Crippen molar-refractivity contribution >= 4 is 17.6 Å². The molecular weight excluding hydrogens is 370 g/mol. The van der Waals surface area contributed by atoms with Gasteiger partial charge in [-0.05, 0) is 48.9 Å². The van der Waals surface area contributed by atoms with Crippen LogP contribution >= 0.6 is 0 Å². The van der Waals surface area contributed by atoms with Crippen molar-refractivity contribution in [3.8, 4) is 5.75 Å². The number of rotatable bonds is 5. The number of hydrogen-bond acceptors (Lipinski definition) is 5. The van der Waals surface area contributed by atoms with Gasteiger partial charge in [0.15, 0.2) is 6.10 Å². The summed E-state index contributed by atoms with van der Waals surface area (Å²) in [7, 11) is 0. The van der Waals surface area contributed by atoms with E-state index in [-0.39, 0.29) is 5.91 Å². The Morgan fingerprint density at radius 3 is 2.79 bits per heavy atom. The van der Waals surface area contributed by atoms with Gasteiger partial charge in [0, 0.05) is 31.4 Å². The van der Waals surface area contributed by atoms with Crippen molar-refractivity contribution in [1.29, 1.82) is 0 Å². The third kappa shape index (κ3) is 4.59. The number of fused-ring (bicyclic) bond motifs is 1. The van der Waals surface area contributed by atoms with Crippen LogP contribution in [-0.2, 0) is 20.7 Å². The molecule has 6 nitrogen and oxygen atoms in total. The standard InChI is InChI=1S/C23H25NO5/c1-15-6-7-18(13-20(15)28-14-16-8-10-27-11-9-16)24-22(25)21-12-17-4-2-3-5-19(17)23(26)29-21/h2-7,13,16,21H,8-12,14H2,1H3,(H,24,25). The maximum atomic E-state index is 12.7. The molecule has 29 heavy (non-hydrogen) atoms. The van der Waals surface area contributed by atoms with Gasteiger partial charge in [-0.25, -0.2) is 4.79 Å². The van der Waals surface area contributed by atoms with Gasteiger partial charge in [-0.2, -0.15) is 0 Å². The Hall–Kier alpha value is -2.86. The van der Waals surface area contributed by atoms with E-state index >= 15 is 0 Å². The van der Waals surface area contributed by atoms with Crippen LogP contribution in [0.15, 0.2) is 42.5 Å². The number of benzene rings is 2. The van der Waals surface area contributed by atoms with Crippen molar-refractivity contribution in [2.24, 2.45) is 5.92 Å². The fourth-order valence-electron chi connectivity index (χ4n) is 3.65. The zero-order valence-electron chi connectivity index (χ0n) is 16.5. The molecular formula is C23H25NO5. The summed E-state index contributed by atoms with van der Waals surface area (Å²) >= 11 is 0. The topological polar surface area (TPSA) is 73.9 Å². The molecule has 1 amide bonds. The molecule has 152 valence electrons. The van der Waals surface area contributed by atoms with Crippen molar-refractivity contribution in [3.05, 3.63) is 59.2 Å². The van der Waals surface area contributed by atoms with Crippen molar-refractivity contribution in [1.82, 2.24) is 0 Å². The van der Waals surface area contributed by atoms with Gasteiger partial charge in [-0.15, -0.1) is 0 Å². The molecule has 2 heterocycles. The lowest BCUT2D eigenvalue weighted by Crippen LogP contribution is -2.37. The number of esters is 1. The summed E-state index contributed by atoms with van der Waals surface area (Å²) in [6.45, 7) is 4.18. The zero-order chi connectivity index (χ0) is 20.2. The minimum absolute atomic E-state index is 0.341. The molecule has 0 saturated carbocycles. The average molecular weight is 395 g/mol. The van der Waals surface area contributed by atoms with E-state index in [2.05, 4.69) is 5.32 Å². The maximum absolute atomic E-state index is 12.7. The van der Waals surface area contributed by atoms with E-state index < -0.39 is 12.1 Å². The second-order valence-electron chi connectivity index (χ2n) is 7.59. The molecule has 0 spiro atoms. The zero-order valence-corrected chi connectivity index (χ0v) is 16.5. The summed E-state index contributed by atoms with van der Waals surface area (Å²) < 4.78 is 16.7. The van der Waals surface area contributed by atoms with Gasteiger partial charge in [0.05, 0.1) is 12.2 Å². The summed E-state index contributed by atoms with van der Waals surface area (Å²) in [6, 6.07) is 12.8. The third-order valence-corrected chi connectivity index (χ3v) is 5.46. The molecule has 1 unspecified atom stereocenters. The summed E-state index contributed by atoms with van der Waals surface area (Å²) in [5.74, 6) is 0.437. The van der Waals surface area contributed by atoms with Gasteiger partial charge in [0.2, 0.25) is 0 Å². The Bertz CT molecular complexity index is 904. The Labute approximate surface area is 170 Å². The van der Waals surface area contributed by atoms with Gasteiger partial charge in [-0.3, -0.25) is 4.79 Å². The number of amides is 1. The second kappa shape index (κ2) is 8.66. The minimum Gasteiger partial charge on any atom is -0.493 e.